The minimum Gasteiger partial charge on any atom is -0.508 e. The average molecular weight is 809 g/mol. The molecule has 8 aromatic carbocycles. The monoisotopic (exact) mass is 808 g/mol. The van der Waals surface area contributed by atoms with Crippen molar-refractivity contribution in [2.75, 3.05) is 0 Å². The number of aromatic nitrogens is 2. The van der Waals surface area contributed by atoms with Gasteiger partial charge in [0, 0.05) is 43.7 Å². The maximum atomic E-state index is 8.70. The van der Waals surface area contributed by atoms with Crippen LogP contribution >= 0.6 is 0 Å². The summed E-state index contributed by atoms with van der Waals surface area (Å²) >= 11 is 0. The molecule has 3 aromatic heterocycles. The third-order valence-corrected chi connectivity index (χ3v) is 11.2. The highest BCUT2D eigenvalue weighted by Crippen LogP contribution is 2.38. The van der Waals surface area contributed by atoms with Crippen LogP contribution < -0.4 is 0 Å². The van der Waals surface area contributed by atoms with E-state index in [9.17, 15) is 0 Å². The number of fused-ring (bicyclic) bond motifs is 9. The number of furan rings is 1. The number of aliphatic hydroxyl groups excluding tert-OH is 1. The molecular formula is C58H52N2O2. The van der Waals surface area contributed by atoms with Crippen LogP contribution in [0.1, 0.15) is 41.5 Å². The van der Waals surface area contributed by atoms with Crippen molar-refractivity contribution in [3.8, 4) is 33.6 Å². The zero-order valence-electron chi connectivity index (χ0n) is 36.4. The molecule has 0 fully saturated rings. The van der Waals surface area contributed by atoms with E-state index in [4.69, 9.17) is 9.52 Å². The molecule has 0 radical (unpaired) electrons. The first-order chi connectivity index (χ1) is 30.5. The van der Waals surface area contributed by atoms with Crippen molar-refractivity contribution in [3.05, 3.63) is 206 Å². The summed E-state index contributed by atoms with van der Waals surface area (Å²) in [4.78, 5) is 0. The highest BCUT2D eigenvalue weighted by atomic mass is 16.3. The molecule has 0 aliphatic rings. The van der Waals surface area contributed by atoms with E-state index < -0.39 is 0 Å². The zero-order chi connectivity index (χ0) is 43.3. The summed E-state index contributed by atoms with van der Waals surface area (Å²) in [6, 6.07) is 65.6. The van der Waals surface area contributed by atoms with Crippen LogP contribution in [-0.2, 0) is 0 Å². The molecule has 0 aliphatic heterocycles. The van der Waals surface area contributed by atoms with Gasteiger partial charge in [0.15, 0.2) is 0 Å². The second kappa shape index (κ2) is 18.0. The molecule has 0 unspecified atom stereocenters. The fourth-order valence-corrected chi connectivity index (χ4v) is 8.39. The summed E-state index contributed by atoms with van der Waals surface area (Å²) in [7, 11) is 0. The number of allylic oxidation sites excluding steroid dienone is 2. The minimum absolute atomic E-state index is 0.278. The number of hydrogen-bond acceptors (Lipinski definition) is 2. The van der Waals surface area contributed by atoms with Crippen molar-refractivity contribution < 1.29 is 9.52 Å². The van der Waals surface area contributed by atoms with Crippen molar-refractivity contribution in [2.24, 2.45) is 0 Å². The van der Waals surface area contributed by atoms with E-state index in [1.54, 1.807) is 0 Å². The molecule has 0 atom stereocenters. The number of benzene rings is 8. The number of aliphatic hydroxyl groups is 1. The van der Waals surface area contributed by atoms with Crippen LogP contribution in [0.4, 0.5) is 0 Å². The van der Waals surface area contributed by atoms with Gasteiger partial charge in [-0.25, -0.2) is 0 Å². The molecule has 1 N–H and O–H groups in total. The third-order valence-electron chi connectivity index (χ3n) is 11.2. The lowest BCUT2D eigenvalue weighted by atomic mass is 10.0. The van der Waals surface area contributed by atoms with E-state index in [-0.39, 0.29) is 5.76 Å². The number of para-hydroxylation sites is 4. The van der Waals surface area contributed by atoms with Gasteiger partial charge in [-0.2, -0.15) is 0 Å². The molecule has 0 saturated heterocycles. The van der Waals surface area contributed by atoms with Gasteiger partial charge in [-0.05, 0) is 121 Å². The first-order valence-electron chi connectivity index (χ1n) is 21.6. The fraction of sp³-hybridized carbons (Fsp3) is 0.103. The Morgan fingerprint density at radius 1 is 0.419 bits per heavy atom. The summed E-state index contributed by atoms with van der Waals surface area (Å²) in [6.45, 7) is 15.0. The fourth-order valence-electron chi connectivity index (χ4n) is 8.39. The lowest BCUT2D eigenvalue weighted by molar-refractivity contribution is 0.426. The van der Waals surface area contributed by atoms with E-state index >= 15 is 0 Å². The summed E-state index contributed by atoms with van der Waals surface area (Å²) in [5.41, 5.74) is 14.6. The molecule has 4 nitrogen and oxygen atoms in total. The molecule has 11 rings (SSSR count). The molecule has 0 bridgehead atoms. The van der Waals surface area contributed by atoms with E-state index in [1.807, 2.05) is 53.7 Å². The Balaban J connectivity index is 0.000000436. The summed E-state index contributed by atoms with van der Waals surface area (Å²) in [5.74, 6) is 0.278. The first kappa shape index (κ1) is 41.2. The quantitative estimate of drug-likeness (QED) is 0.139. The van der Waals surface area contributed by atoms with Gasteiger partial charge in [0.25, 0.3) is 0 Å². The molecule has 0 amide bonds. The van der Waals surface area contributed by atoms with Crippen molar-refractivity contribution in [1.82, 2.24) is 9.13 Å². The average Bonchev–Trinajstić information content (AvgIpc) is 4.00. The largest absolute Gasteiger partial charge is 0.508 e. The number of nitrogens with zero attached hydrogens (tertiary/aromatic N) is 2. The Morgan fingerprint density at radius 2 is 0.823 bits per heavy atom. The normalized spacial score (nSPS) is 10.9. The molecule has 0 saturated carbocycles. The molecule has 306 valence electrons. The standard InChI is InChI=1S/C48H30N2O.C6H10O.2C2H6/c1-5-19-43-37(15-1)38-16-2-6-20-44(38)49(43)35-13-9-11-31(27-35)32-12-10-14-36(28-32)50-45-21-7-3-17-39(45)41-29-33(23-25-46(41)50)34-24-26-48-42(30-34)40-18-4-8-22-47(40)51-48;1-4-6(7)5(2)3;2*1-2/h1-30H;4,7H,1H2,2-3H3;2*1-2H3. The summed E-state index contributed by atoms with van der Waals surface area (Å²) in [5, 5.41) is 16.0. The SMILES string of the molecule is C=CC(O)=C(C)C.CC.CC.c1cc(-c2cccc(-n3c4ccccc4c4cc(-c5ccc6oc7ccccc7c6c5)ccc43)c2)cc(-n2c3ccccc3c3ccccc32)c1. The minimum atomic E-state index is 0.278. The molecule has 0 spiro atoms. The second-order valence-corrected chi connectivity index (χ2v) is 15.0. The van der Waals surface area contributed by atoms with E-state index in [1.165, 1.54) is 71.9 Å². The molecule has 11 aromatic rings. The van der Waals surface area contributed by atoms with E-state index in [2.05, 4.69) is 186 Å². The predicted octanol–water partition coefficient (Wildman–Crippen LogP) is 17.2. The van der Waals surface area contributed by atoms with E-state index in [0.717, 1.165) is 38.9 Å². The first-order valence-corrected chi connectivity index (χ1v) is 21.6. The van der Waals surface area contributed by atoms with Crippen molar-refractivity contribution in [3.63, 3.8) is 0 Å². The van der Waals surface area contributed by atoms with Gasteiger partial charge in [-0.15, -0.1) is 0 Å². The topological polar surface area (TPSA) is 43.2 Å². The van der Waals surface area contributed by atoms with E-state index in [0.29, 0.717) is 0 Å². The van der Waals surface area contributed by atoms with Crippen LogP contribution in [0.2, 0.25) is 0 Å². The van der Waals surface area contributed by atoms with Gasteiger partial charge < -0.3 is 18.7 Å². The third kappa shape index (κ3) is 7.45. The van der Waals surface area contributed by atoms with Crippen LogP contribution in [0, 0.1) is 0 Å². The lowest BCUT2D eigenvalue weighted by Gasteiger charge is -2.13. The van der Waals surface area contributed by atoms with Gasteiger partial charge in [-0.1, -0.05) is 143 Å². The van der Waals surface area contributed by atoms with Crippen LogP contribution in [0.25, 0.3) is 99.2 Å². The molecule has 3 heterocycles. The molecule has 0 aliphatic carbocycles. The Kier molecular flexibility index (Phi) is 11.9. The summed E-state index contributed by atoms with van der Waals surface area (Å²) in [6.07, 6.45) is 1.43. The van der Waals surface area contributed by atoms with Gasteiger partial charge in [0.2, 0.25) is 0 Å². The number of rotatable bonds is 5. The van der Waals surface area contributed by atoms with Crippen LogP contribution in [0.3, 0.4) is 0 Å². The second-order valence-electron chi connectivity index (χ2n) is 15.0. The Hall–Kier alpha value is -7.56. The van der Waals surface area contributed by atoms with Crippen LogP contribution in [0.15, 0.2) is 210 Å². The van der Waals surface area contributed by atoms with Gasteiger partial charge in [-0.3, -0.25) is 0 Å². The van der Waals surface area contributed by atoms with Gasteiger partial charge in [0.05, 0.1) is 22.1 Å². The Bertz CT molecular complexity index is 3350. The highest BCUT2D eigenvalue weighted by molar-refractivity contribution is 6.12. The van der Waals surface area contributed by atoms with Crippen LogP contribution in [0.5, 0.6) is 0 Å². The van der Waals surface area contributed by atoms with Gasteiger partial charge >= 0.3 is 0 Å². The van der Waals surface area contributed by atoms with Crippen molar-refractivity contribution in [1.29, 1.82) is 0 Å². The molecule has 4 heteroatoms. The Labute approximate surface area is 363 Å². The summed E-state index contributed by atoms with van der Waals surface area (Å²) < 4.78 is 10.9. The van der Waals surface area contributed by atoms with Crippen molar-refractivity contribution >= 4 is 65.6 Å². The lowest BCUT2D eigenvalue weighted by Crippen LogP contribution is -1.96. The predicted molar refractivity (Wildman–Crippen MR) is 267 cm³/mol. The highest BCUT2D eigenvalue weighted by Gasteiger charge is 2.16. The van der Waals surface area contributed by atoms with Crippen molar-refractivity contribution in [2.45, 2.75) is 41.5 Å². The maximum Gasteiger partial charge on any atom is 0.135 e. The molecule has 62 heavy (non-hydrogen) atoms. The number of hydrogen-bond donors (Lipinski definition) is 1. The maximum absolute atomic E-state index is 8.70. The molecular weight excluding hydrogens is 757 g/mol. The zero-order valence-corrected chi connectivity index (χ0v) is 36.4. The Morgan fingerprint density at radius 3 is 1.32 bits per heavy atom. The van der Waals surface area contributed by atoms with Gasteiger partial charge in [0.1, 0.15) is 16.9 Å². The smallest absolute Gasteiger partial charge is 0.135 e. The van der Waals surface area contributed by atoms with Crippen LogP contribution in [-0.4, -0.2) is 14.2 Å².